The van der Waals surface area contributed by atoms with E-state index in [1.807, 2.05) is 6.92 Å². The van der Waals surface area contributed by atoms with Gasteiger partial charge in [-0.25, -0.2) is 0 Å². The Kier molecular flexibility index (Phi) is 4.28. The zero-order valence-electron chi connectivity index (χ0n) is 16.2. The summed E-state index contributed by atoms with van der Waals surface area (Å²) in [6.45, 7) is 6.66. The fourth-order valence-electron chi connectivity index (χ4n) is 7.37. The number of fused-ring (bicyclic) bond motifs is 5. The molecular formula is C22H34O3. The van der Waals surface area contributed by atoms with E-state index < -0.39 is 0 Å². The Morgan fingerprint density at radius 2 is 1.88 bits per heavy atom. The van der Waals surface area contributed by atoms with Gasteiger partial charge in [0.1, 0.15) is 11.9 Å². The molecule has 4 saturated carbocycles. The Morgan fingerprint density at radius 1 is 1.08 bits per heavy atom. The summed E-state index contributed by atoms with van der Waals surface area (Å²) in [5.74, 6) is 3.35. The largest absolute Gasteiger partial charge is 0.462 e. The van der Waals surface area contributed by atoms with Crippen molar-refractivity contribution in [1.82, 2.24) is 0 Å². The first-order valence-corrected chi connectivity index (χ1v) is 10.6. The normalized spacial score (nSPS) is 49.1. The molecular weight excluding hydrogens is 312 g/mol. The highest BCUT2D eigenvalue weighted by atomic mass is 16.5. The van der Waals surface area contributed by atoms with E-state index in [2.05, 4.69) is 13.8 Å². The summed E-state index contributed by atoms with van der Waals surface area (Å²) in [7, 11) is 0. The van der Waals surface area contributed by atoms with Crippen LogP contribution in [0.15, 0.2) is 0 Å². The van der Waals surface area contributed by atoms with Crippen molar-refractivity contribution < 1.29 is 14.3 Å². The Bertz CT molecular complexity index is 570. The lowest BCUT2D eigenvalue weighted by Crippen LogP contribution is -2.54. The smallest absolute Gasteiger partial charge is 0.305 e. The summed E-state index contributed by atoms with van der Waals surface area (Å²) >= 11 is 0. The first-order valence-electron chi connectivity index (χ1n) is 10.6. The number of carbonyl (C=O) groups excluding carboxylic acids is 2. The number of esters is 1. The molecule has 0 unspecified atom stereocenters. The van der Waals surface area contributed by atoms with Crippen molar-refractivity contribution in [2.45, 2.75) is 91.1 Å². The second-order valence-electron chi connectivity index (χ2n) is 9.81. The minimum Gasteiger partial charge on any atom is -0.462 e. The van der Waals surface area contributed by atoms with Crippen LogP contribution in [0.25, 0.3) is 0 Å². The van der Waals surface area contributed by atoms with Gasteiger partial charge in [0.05, 0.1) is 0 Å². The Labute approximate surface area is 152 Å². The number of ether oxygens (including phenoxy) is 1. The van der Waals surface area contributed by atoms with E-state index in [1.54, 1.807) is 0 Å². The molecule has 7 atom stereocenters. The van der Waals surface area contributed by atoms with Gasteiger partial charge in [-0.2, -0.15) is 0 Å². The van der Waals surface area contributed by atoms with Crippen molar-refractivity contribution in [3.8, 4) is 0 Å². The standard InChI is InChI=1S/C22H34O3/c1-4-20(24)25-15-9-11-21(2)14(13-15)5-6-16-17-7-8-19(23)22(17,3)12-10-18(16)21/h14-18H,4-13H2,1-3H3/t14-,15+,16-,17+,18+,21-,22-/m0/s1. The van der Waals surface area contributed by atoms with Gasteiger partial charge in [0, 0.05) is 18.3 Å². The molecule has 0 aromatic heterocycles. The predicted molar refractivity (Wildman–Crippen MR) is 96.9 cm³/mol. The van der Waals surface area contributed by atoms with Crippen molar-refractivity contribution in [1.29, 1.82) is 0 Å². The zero-order chi connectivity index (χ0) is 17.8. The van der Waals surface area contributed by atoms with Gasteiger partial charge in [-0.15, -0.1) is 0 Å². The molecule has 4 rings (SSSR count). The Morgan fingerprint density at radius 3 is 2.64 bits per heavy atom. The van der Waals surface area contributed by atoms with E-state index in [0.717, 1.165) is 43.9 Å². The SMILES string of the molecule is CCC(=O)O[C@@H]1CC[C@@]2(C)[C@@H](CC[C@@H]3[C@H]2CC[C@]2(C)C(=O)CC[C@H]32)C1. The van der Waals surface area contributed by atoms with Gasteiger partial charge >= 0.3 is 5.97 Å². The van der Waals surface area contributed by atoms with Gasteiger partial charge in [-0.1, -0.05) is 20.8 Å². The van der Waals surface area contributed by atoms with Crippen LogP contribution < -0.4 is 0 Å². The summed E-state index contributed by atoms with van der Waals surface area (Å²) in [5, 5.41) is 0. The zero-order valence-corrected chi connectivity index (χ0v) is 16.2. The fraction of sp³-hybridized carbons (Fsp3) is 0.909. The summed E-state index contributed by atoms with van der Waals surface area (Å²) in [4.78, 5) is 24.2. The van der Waals surface area contributed by atoms with Crippen LogP contribution in [-0.4, -0.2) is 17.9 Å². The van der Waals surface area contributed by atoms with E-state index in [9.17, 15) is 9.59 Å². The number of carbonyl (C=O) groups is 2. The first-order chi connectivity index (χ1) is 11.9. The molecule has 0 N–H and O–H groups in total. The van der Waals surface area contributed by atoms with Gasteiger partial charge in [0.15, 0.2) is 0 Å². The molecule has 0 aliphatic heterocycles. The summed E-state index contributed by atoms with van der Waals surface area (Å²) in [5.41, 5.74) is 0.378. The molecule has 0 aromatic rings. The second-order valence-corrected chi connectivity index (χ2v) is 9.81. The highest BCUT2D eigenvalue weighted by Gasteiger charge is 2.60. The molecule has 3 nitrogen and oxygen atoms in total. The van der Waals surface area contributed by atoms with Crippen LogP contribution in [0.5, 0.6) is 0 Å². The van der Waals surface area contributed by atoms with Gasteiger partial charge in [0.25, 0.3) is 0 Å². The van der Waals surface area contributed by atoms with Crippen molar-refractivity contribution >= 4 is 11.8 Å². The molecule has 4 aliphatic rings. The lowest BCUT2D eigenvalue weighted by atomic mass is 9.45. The van der Waals surface area contributed by atoms with Crippen LogP contribution in [0.1, 0.15) is 85.0 Å². The average Bonchev–Trinajstić information content (AvgIpc) is 2.90. The van der Waals surface area contributed by atoms with Gasteiger partial charge < -0.3 is 4.74 Å². The minimum absolute atomic E-state index is 0.0157. The summed E-state index contributed by atoms with van der Waals surface area (Å²) in [6.07, 6.45) is 10.7. The molecule has 0 radical (unpaired) electrons. The van der Waals surface area contributed by atoms with Crippen molar-refractivity contribution in [3.63, 3.8) is 0 Å². The lowest BCUT2D eigenvalue weighted by Gasteiger charge is -2.60. The third kappa shape index (κ3) is 2.59. The second kappa shape index (κ2) is 6.09. The molecule has 0 bridgehead atoms. The van der Waals surface area contributed by atoms with E-state index in [-0.39, 0.29) is 17.5 Å². The number of hydrogen-bond acceptors (Lipinski definition) is 3. The maximum absolute atomic E-state index is 12.5. The van der Waals surface area contributed by atoms with E-state index >= 15 is 0 Å². The minimum atomic E-state index is -0.0415. The highest BCUT2D eigenvalue weighted by molar-refractivity contribution is 5.87. The van der Waals surface area contributed by atoms with Crippen LogP contribution in [-0.2, 0) is 14.3 Å². The van der Waals surface area contributed by atoms with Crippen molar-refractivity contribution in [2.75, 3.05) is 0 Å². The quantitative estimate of drug-likeness (QED) is 0.667. The fourth-order valence-corrected chi connectivity index (χ4v) is 7.37. The molecule has 4 aliphatic carbocycles. The monoisotopic (exact) mass is 346 g/mol. The van der Waals surface area contributed by atoms with Crippen LogP contribution >= 0.6 is 0 Å². The topological polar surface area (TPSA) is 43.4 Å². The third-order valence-electron chi connectivity index (χ3n) is 8.91. The highest BCUT2D eigenvalue weighted by Crippen LogP contribution is 2.65. The first kappa shape index (κ1) is 17.5. The van der Waals surface area contributed by atoms with Crippen molar-refractivity contribution in [2.24, 2.45) is 34.5 Å². The molecule has 0 spiro atoms. The number of rotatable bonds is 2. The molecule has 140 valence electrons. The van der Waals surface area contributed by atoms with Crippen LogP contribution in [0.2, 0.25) is 0 Å². The average molecular weight is 347 g/mol. The maximum atomic E-state index is 12.5. The predicted octanol–water partition coefficient (Wildman–Crippen LogP) is 4.92. The number of Topliss-reactive ketones (excluding diaryl/α,β-unsaturated/α-hetero) is 1. The Balaban J connectivity index is 1.51. The summed E-state index contributed by atoms with van der Waals surface area (Å²) < 4.78 is 5.69. The van der Waals surface area contributed by atoms with Gasteiger partial charge in [0.2, 0.25) is 0 Å². The third-order valence-corrected chi connectivity index (χ3v) is 8.91. The van der Waals surface area contributed by atoms with Crippen LogP contribution in [0, 0.1) is 34.5 Å². The van der Waals surface area contributed by atoms with Gasteiger partial charge in [-0.3, -0.25) is 9.59 Å². The molecule has 0 amide bonds. The van der Waals surface area contributed by atoms with Crippen molar-refractivity contribution in [3.05, 3.63) is 0 Å². The molecule has 3 heteroatoms. The Hall–Kier alpha value is -0.860. The maximum Gasteiger partial charge on any atom is 0.305 e. The molecule has 4 fully saturated rings. The lowest BCUT2D eigenvalue weighted by molar-refractivity contribution is -0.161. The van der Waals surface area contributed by atoms with E-state index in [1.165, 1.54) is 25.7 Å². The number of ketones is 1. The molecule has 0 heterocycles. The number of hydrogen-bond donors (Lipinski definition) is 0. The molecule has 0 saturated heterocycles. The summed E-state index contributed by atoms with van der Waals surface area (Å²) in [6, 6.07) is 0. The molecule has 0 aromatic carbocycles. The van der Waals surface area contributed by atoms with E-state index in [0.29, 0.717) is 29.5 Å². The van der Waals surface area contributed by atoms with Crippen LogP contribution in [0.3, 0.4) is 0 Å². The molecule has 25 heavy (non-hydrogen) atoms. The van der Waals surface area contributed by atoms with Crippen LogP contribution in [0.4, 0.5) is 0 Å². The van der Waals surface area contributed by atoms with E-state index in [4.69, 9.17) is 4.74 Å². The van der Waals surface area contributed by atoms with Gasteiger partial charge in [-0.05, 0) is 80.5 Å².